The molecule has 1 N–H and O–H groups in total. The summed E-state index contributed by atoms with van der Waals surface area (Å²) in [6, 6.07) is 12.4. The second kappa shape index (κ2) is 8.08. The molecule has 0 aliphatic carbocycles. The van der Waals surface area contributed by atoms with E-state index in [-0.39, 0.29) is 12.3 Å². The molecule has 114 valence electrons. The van der Waals surface area contributed by atoms with Gasteiger partial charge in [-0.2, -0.15) is 0 Å². The van der Waals surface area contributed by atoms with Crippen molar-refractivity contribution in [2.24, 2.45) is 0 Å². The standard InChI is InChI=1S/C17H24N2O2/c1-4-20-17(21-5-2)16(18-3)12-14-11-10-13-8-6-7-9-15(13)19-14/h6-11,16-18H,4-5,12H2,1-3H3. The van der Waals surface area contributed by atoms with Crippen LogP contribution in [0.2, 0.25) is 0 Å². The van der Waals surface area contributed by atoms with Crippen molar-refractivity contribution < 1.29 is 9.47 Å². The lowest BCUT2D eigenvalue weighted by molar-refractivity contribution is -0.152. The second-order valence-electron chi connectivity index (χ2n) is 4.87. The molecule has 4 heteroatoms. The predicted molar refractivity (Wildman–Crippen MR) is 85.3 cm³/mol. The van der Waals surface area contributed by atoms with E-state index in [0.717, 1.165) is 23.0 Å². The molecule has 2 rings (SSSR count). The zero-order valence-corrected chi connectivity index (χ0v) is 13.0. The van der Waals surface area contributed by atoms with Gasteiger partial charge in [-0.1, -0.05) is 24.3 Å². The molecule has 1 unspecified atom stereocenters. The lowest BCUT2D eigenvalue weighted by atomic mass is 10.1. The average molecular weight is 288 g/mol. The van der Waals surface area contributed by atoms with Crippen LogP contribution in [0.3, 0.4) is 0 Å². The van der Waals surface area contributed by atoms with Crippen molar-refractivity contribution >= 4 is 10.9 Å². The van der Waals surface area contributed by atoms with E-state index >= 15 is 0 Å². The Morgan fingerprint density at radius 1 is 1.05 bits per heavy atom. The van der Waals surface area contributed by atoms with E-state index in [9.17, 15) is 0 Å². The first-order chi connectivity index (χ1) is 10.3. The van der Waals surface area contributed by atoms with Crippen molar-refractivity contribution in [3.63, 3.8) is 0 Å². The molecule has 0 amide bonds. The highest BCUT2D eigenvalue weighted by Gasteiger charge is 2.21. The Morgan fingerprint density at radius 2 is 1.76 bits per heavy atom. The molecular weight excluding hydrogens is 264 g/mol. The number of aromatic nitrogens is 1. The smallest absolute Gasteiger partial charge is 0.173 e. The number of hydrogen-bond donors (Lipinski definition) is 1. The number of ether oxygens (including phenoxy) is 2. The summed E-state index contributed by atoms with van der Waals surface area (Å²) >= 11 is 0. The summed E-state index contributed by atoms with van der Waals surface area (Å²) in [7, 11) is 1.93. The minimum atomic E-state index is -0.252. The van der Waals surface area contributed by atoms with Crippen LogP contribution in [-0.2, 0) is 15.9 Å². The fourth-order valence-corrected chi connectivity index (χ4v) is 2.39. The summed E-state index contributed by atoms with van der Waals surface area (Å²) in [4.78, 5) is 4.71. The summed E-state index contributed by atoms with van der Waals surface area (Å²) in [6.45, 7) is 5.22. The third-order valence-corrected chi connectivity index (χ3v) is 3.45. The maximum Gasteiger partial charge on any atom is 0.173 e. The number of benzene rings is 1. The topological polar surface area (TPSA) is 43.4 Å². The summed E-state index contributed by atoms with van der Waals surface area (Å²) in [5.74, 6) is 0. The van der Waals surface area contributed by atoms with Crippen LogP contribution in [0, 0.1) is 0 Å². The molecule has 0 saturated carbocycles. The van der Waals surface area contributed by atoms with Gasteiger partial charge >= 0.3 is 0 Å². The largest absolute Gasteiger partial charge is 0.351 e. The van der Waals surface area contributed by atoms with Gasteiger partial charge in [0, 0.05) is 30.7 Å². The summed E-state index contributed by atoms with van der Waals surface area (Å²) < 4.78 is 11.4. The number of nitrogens with zero attached hydrogens (tertiary/aromatic N) is 1. The van der Waals surface area contributed by atoms with E-state index in [0.29, 0.717) is 13.2 Å². The molecule has 0 spiro atoms. The number of pyridine rings is 1. The van der Waals surface area contributed by atoms with Gasteiger partial charge in [-0.25, -0.2) is 0 Å². The molecule has 21 heavy (non-hydrogen) atoms. The molecule has 0 bridgehead atoms. The van der Waals surface area contributed by atoms with Gasteiger partial charge in [-0.3, -0.25) is 4.98 Å². The van der Waals surface area contributed by atoms with Gasteiger partial charge in [0.25, 0.3) is 0 Å². The van der Waals surface area contributed by atoms with E-state index in [4.69, 9.17) is 14.5 Å². The highest BCUT2D eigenvalue weighted by molar-refractivity contribution is 5.78. The molecule has 0 fully saturated rings. The first-order valence-corrected chi connectivity index (χ1v) is 7.53. The molecule has 0 aliphatic heterocycles. The van der Waals surface area contributed by atoms with Gasteiger partial charge in [-0.15, -0.1) is 0 Å². The van der Waals surface area contributed by atoms with Crippen molar-refractivity contribution in [1.82, 2.24) is 10.3 Å². The Hall–Kier alpha value is -1.49. The van der Waals surface area contributed by atoms with Gasteiger partial charge in [0.2, 0.25) is 0 Å². The van der Waals surface area contributed by atoms with Gasteiger partial charge in [0.1, 0.15) is 0 Å². The van der Waals surface area contributed by atoms with Crippen LogP contribution < -0.4 is 5.32 Å². The van der Waals surface area contributed by atoms with Crippen LogP contribution >= 0.6 is 0 Å². The lowest BCUT2D eigenvalue weighted by Gasteiger charge is -2.26. The van der Waals surface area contributed by atoms with E-state index in [1.54, 1.807) is 0 Å². The normalized spacial score (nSPS) is 13.0. The van der Waals surface area contributed by atoms with E-state index in [1.165, 1.54) is 0 Å². The highest BCUT2D eigenvalue weighted by Crippen LogP contribution is 2.14. The third-order valence-electron chi connectivity index (χ3n) is 3.45. The van der Waals surface area contributed by atoms with E-state index in [1.807, 2.05) is 39.1 Å². The summed E-state index contributed by atoms with van der Waals surface area (Å²) in [5.41, 5.74) is 2.06. The maximum absolute atomic E-state index is 5.68. The Kier molecular flexibility index (Phi) is 6.11. The van der Waals surface area contributed by atoms with Crippen molar-refractivity contribution in [3.05, 3.63) is 42.1 Å². The number of fused-ring (bicyclic) bond motifs is 1. The Labute approximate surface area is 126 Å². The van der Waals surface area contributed by atoms with Crippen molar-refractivity contribution in [1.29, 1.82) is 0 Å². The lowest BCUT2D eigenvalue weighted by Crippen LogP contribution is -2.43. The summed E-state index contributed by atoms with van der Waals surface area (Å²) in [5, 5.41) is 4.44. The molecule has 1 atom stereocenters. The molecule has 1 aromatic carbocycles. The molecule has 2 aromatic rings. The number of rotatable bonds is 8. The molecule has 0 radical (unpaired) electrons. The molecular formula is C17H24N2O2. The van der Waals surface area contributed by atoms with Crippen LogP contribution in [0.4, 0.5) is 0 Å². The molecule has 1 heterocycles. The van der Waals surface area contributed by atoms with Crippen LogP contribution in [0.5, 0.6) is 0 Å². The van der Waals surface area contributed by atoms with Crippen molar-refractivity contribution in [3.8, 4) is 0 Å². The number of para-hydroxylation sites is 1. The Bertz CT molecular complexity index is 553. The fraction of sp³-hybridized carbons (Fsp3) is 0.471. The second-order valence-corrected chi connectivity index (χ2v) is 4.87. The highest BCUT2D eigenvalue weighted by atomic mass is 16.7. The monoisotopic (exact) mass is 288 g/mol. The van der Waals surface area contributed by atoms with Gasteiger partial charge in [0.05, 0.1) is 11.6 Å². The van der Waals surface area contributed by atoms with Crippen molar-refractivity contribution in [2.45, 2.75) is 32.6 Å². The third kappa shape index (κ3) is 4.24. The Balaban J connectivity index is 2.14. The zero-order valence-electron chi connectivity index (χ0n) is 13.0. The molecule has 0 saturated heterocycles. The minimum Gasteiger partial charge on any atom is -0.351 e. The van der Waals surface area contributed by atoms with Crippen LogP contribution in [-0.4, -0.2) is 37.6 Å². The number of nitrogens with one attached hydrogen (secondary N) is 1. The van der Waals surface area contributed by atoms with Crippen LogP contribution in [0.15, 0.2) is 36.4 Å². The zero-order chi connectivity index (χ0) is 15.1. The van der Waals surface area contributed by atoms with Crippen LogP contribution in [0.25, 0.3) is 10.9 Å². The fourth-order valence-electron chi connectivity index (χ4n) is 2.39. The quantitative estimate of drug-likeness (QED) is 0.759. The van der Waals surface area contributed by atoms with Gasteiger partial charge in [0.15, 0.2) is 6.29 Å². The average Bonchev–Trinajstić information content (AvgIpc) is 2.52. The van der Waals surface area contributed by atoms with Crippen molar-refractivity contribution in [2.75, 3.05) is 20.3 Å². The van der Waals surface area contributed by atoms with E-state index in [2.05, 4.69) is 23.5 Å². The van der Waals surface area contributed by atoms with Gasteiger partial charge in [-0.05, 0) is 33.0 Å². The van der Waals surface area contributed by atoms with Crippen LogP contribution in [0.1, 0.15) is 19.5 Å². The molecule has 0 aliphatic rings. The first-order valence-electron chi connectivity index (χ1n) is 7.53. The number of hydrogen-bond acceptors (Lipinski definition) is 4. The predicted octanol–water partition coefficient (Wildman–Crippen LogP) is 2.76. The molecule has 4 nitrogen and oxygen atoms in total. The number of likely N-dealkylation sites (N-methyl/N-ethyl adjacent to an activating group) is 1. The SMILES string of the molecule is CCOC(OCC)C(Cc1ccc2ccccc2n1)NC. The summed E-state index contributed by atoms with van der Waals surface area (Å²) in [6.07, 6.45) is 0.518. The molecule has 1 aromatic heterocycles. The Morgan fingerprint density at radius 3 is 2.43 bits per heavy atom. The minimum absolute atomic E-state index is 0.0820. The first kappa shape index (κ1) is 15.9. The van der Waals surface area contributed by atoms with Gasteiger partial charge < -0.3 is 14.8 Å². The maximum atomic E-state index is 5.68. The van der Waals surface area contributed by atoms with E-state index < -0.39 is 0 Å².